The van der Waals surface area contributed by atoms with Gasteiger partial charge in [0.1, 0.15) is 11.8 Å². The smallest absolute Gasteiger partial charge is 0.327 e. The maximum Gasteiger partial charge on any atom is 0.327 e. The SMILES string of the molecule is CC(=O)N[C@@H](CS(=O)CCOc1ccc(Br)cc1)C(=O)O. The van der Waals surface area contributed by atoms with E-state index in [1.807, 2.05) is 12.1 Å². The van der Waals surface area contributed by atoms with Crippen LogP contribution in [0.25, 0.3) is 0 Å². The second-order valence-corrected chi connectivity index (χ2v) is 6.74. The Balaban J connectivity index is 2.37. The van der Waals surface area contributed by atoms with Crippen molar-refractivity contribution < 1.29 is 23.6 Å². The molecule has 0 fully saturated rings. The number of amides is 1. The number of carbonyl (C=O) groups excluding carboxylic acids is 1. The molecule has 0 bridgehead atoms. The molecule has 1 rings (SSSR count). The van der Waals surface area contributed by atoms with Crippen LogP contribution in [0, 0.1) is 0 Å². The van der Waals surface area contributed by atoms with Crippen LogP contribution in [0.1, 0.15) is 6.92 Å². The summed E-state index contributed by atoms with van der Waals surface area (Å²) in [7, 11) is -1.39. The summed E-state index contributed by atoms with van der Waals surface area (Å²) in [5.41, 5.74) is 0. The van der Waals surface area contributed by atoms with E-state index in [-0.39, 0.29) is 18.1 Å². The van der Waals surface area contributed by atoms with Crippen molar-refractivity contribution >= 4 is 38.6 Å². The molecule has 2 atom stereocenters. The summed E-state index contributed by atoms with van der Waals surface area (Å²) in [5, 5.41) is 11.2. The number of hydrogen-bond acceptors (Lipinski definition) is 4. The Labute approximate surface area is 133 Å². The summed E-state index contributed by atoms with van der Waals surface area (Å²) in [4.78, 5) is 21.8. The Morgan fingerprint density at radius 3 is 2.52 bits per heavy atom. The first-order valence-corrected chi connectivity index (χ1v) is 8.40. The number of aliphatic carboxylic acids is 1. The number of halogens is 1. The maximum atomic E-state index is 11.8. The van der Waals surface area contributed by atoms with Crippen LogP contribution in [0.4, 0.5) is 0 Å². The van der Waals surface area contributed by atoms with E-state index in [0.717, 1.165) is 4.47 Å². The van der Waals surface area contributed by atoms with E-state index in [4.69, 9.17) is 9.84 Å². The average molecular weight is 378 g/mol. The lowest BCUT2D eigenvalue weighted by Gasteiger charge is -2.13. The predicted molar refractivity (Wildman–Crippen MR) is 82.8 cm³/mol. The summed E-state index contributed by atoms with van der Waals surface area (Å²) in [6, 6.07) is 6.04. The second-order valence-electron chi connectivity index (χ2n) is 4.20. The molecule has 6 nitrogen and oxygen atoms in total. The molecule has 8 heteroatoms. The lowest BCUT2D eigenvalue weighted by atomic mass is 10.3. The van der Waals surface area contributed by atoms with Crippen molar-refractivity contribution in [3.8, 4) is 5.75 Å². The first kappa shape index (κ1) is 17.6. The highest BCUT2D eigenvalue weighted by Gasteiger charge is 2.21. The largest absolute Gasteiger partial charge is 0.493 e. The van der Waals surface area contributed by atoms with Gasteiger partial charge in [0.25, 0.3) is 0 Å². The molecule has 21 heavy (non-hydrogen) atoms. The number of rotatable bonds is 8. The molecule has 1 amide bonds. The number of carbonyl (C=O) groups is 2. The summed E-state index contributed by atoms with van der Waals surface area (Å²) in [5.74, 6) is -0.970. The fourth-order valence-electron chi connectivity index (χ4n) is 1.47. The molecule has 116 valence electrons. The van der Waals surface area contributed by atoms with E-state index in [0.29, 0.717) is 5.75 Å². The number of carboxylic acid groups (broad SMARTS) is 1. The minimum atomic E-state index is -1.39. The zero-order valence-electron chi connectivity index (χ0n) is 11.4. The molecule has 0 spiro atoms. The highest BCUT2D eigenvalue weighted by molar-refractivity contribution is 9.10. The number of benzene rings is 1. The monoisotopic (exact) mass is 377 g/mol. The van der Waals surface area contributed by atoms with Gasteiger partial charge in [-0.05, 0) is 24.3 Å². The predicted octanol–water partition coefficient (Wildman–Crippen LogP) is 1.17. The van der Waals surface area contributed by atoms with Gasteiger partial charge in [0.15, 0.2) is 0 Å². The highest BCUT2D eigenvalue weighted by atomic mass is 79.9. The van der Waals surface area contributed by atoms with Gasteiger partial charge in [0.2, 0.25) is 5.91 Å². The quantitative estimate of drug-likeness (QED) is 0.709. The first-order valence-electron chi connectivity index (χ1n) is 6.11. The van der Waals surface area contributed by atoms with Crippen LogP contribution in [0.3, 0.4) is 0 Å². The van der Waals surface area contributed by atoms with E-state index in [1.165, 1.54) is 6.92 Å². The van der Waals surface area contributed by atoms with Crippen LogP contribution in [0.5, 0.6) is 5.75 Å². The lowest BCUT2D eigenvalue weighted by Crippen LogP contribution is -2.43. The van der Waals surface area contributed by atoms with E-state index in [9.17, 15) is 13.8 Å². The normalized spacial score (nSPS) is 13.2. The van der Waals surface area contributed by atoms with Gasteiger partial charge in [0.05, 0.1) is 18.1 Å². The van der Waals surface area contributed by atoms with E-state index in [2.05, 4.69) is 21.2 Å². The van der Waals surface area contributed by atoms with Crippen LogP contribution in [-0.2, 0) is 20.4 Å². The van der Waals surface area contributed by atoms with Gasteiger partial charge < -0.3 is 15.2 Å². The van der Waals surface area contributed by atoms with Gasteiger partial charge in [0, 0.05) is 22.2 Å². The van der Waals surface area contributed by atoms with E-state index in [1.54, 1.807) is 12.1 Å². The zero-order chi connectivity index (χ0) is 15.8. The lowest BCUT2D eigenvalue weighted by molar-refractivity contribution is -0.140. The molecular weight excluding hydrogens is 362 g/mol. The molecule has 0 heterocycles. The molecule has 1 aromatic carbocycles. The average Bonchev–Trinajstić information content (AvgIpc) is 2.39. The van der Waals surface area contributed by atoms with Crippen LogP contribution in [0.15, 0.2) is 28.7 Å². The Kier molecular flexibility index (Phi) is 7.38. The molecule has 0 saturated heterocycles. The highest BCUT2D eigenvalue weighted by Crippen LogP contribution is 2.15. The zero-order valence-corrected chi connectivity index (χ0v) is 13.8. The van der Waals surface area contributed by atoms with Crippen molar-refractivity contribution in [1.29, 1.82) is 0 Å². The maximum absolute atomic E-state index is 11.8. The van der Waals surface area contributed by atoms with Gasteiger partial charge in [-0.25, -0.2) is 4.79 Å². The van der Waals surface area contributed by atoms with Gasteiger partial charge in [-0.3, -0.25) is 9.00 Å². The van der Waals surface area contributed by atoms with Crippen molar-refractivity contribution in [3.05, 3.63) is 28.7 Å². The van der Waals surface area contributed by atoms with Crippen LogP contribution in [0.2, 0.25) is 0 Å². The minimum Gasteiger partial charge on any atom is -0.493 e. The van der Waals surface area contributed by atoms with Crippen molar-refractivity contribution in [2.24, 2.45) is 0 Å². The number of hydrogen-bond donors (Lipinski definition) is 2. The molecule has 2 N–H and O–H groups in total. The molecule has 0 saturated carbocycles. The van der Waals surface area contributed by atoms with Crippen LogP contribution >= 0.6 is 15.9 Å². The number of ether oxygens (including phenoxy) is 1. The Morgan fingerprint density at radius 2 is 2.00 bits per heavy atom. The third-order valence-electron chi connectivity index (χ3n) is 2.42. The third kappa shape index (κ3) is 7.24. The summed E-state index contributed by atoms with van der Waals surface area (Å²) >= 11 is 3.30. The van der Waals surface area contributed by atoms with E-state index >= 15 is 0 Å². The van der Waals surface area contributed by atoms with Gasteiger partial charge >= 0.3 is 5.97 Å². The molecule has 1 unspecified atom stereocenters. The standard InChI is InChI=1S/C13H16BrNO5S/c1-9(16)15-12(13(17)18)8-21(19)7-6-20-11-4-2-10(14)3-5-11/h2-5,12H,6-8H2,1H3,(H,15,16)(H,17,18)/t12-,21?/m0/s1. The fourth-order valence-corrected chi connectivity index (χ4v) is 2.77. The molecule has 1 aromatic rings. The summed E-state index contributed by atoms with van der Waals surface area (Å²) in [6.07, 6.45) is 0. The minimum absolute atomic E-state index is 0.140. The van der Waals surface area contributed by atoms with Crippen LogP contribution < -0.4 is 10.1 Å². The fraction of sp³-hybridized carbons (Fsp3) is 0.385. The number of nitrogens with one attached hydrogen (secondary N) is 1. The molecule has 0 radical (unpaired) electrons. The Morgan fingerprint density at radius 1 is 1.38 bits per heavy atom. The summed E-state index contributed by atoms with van der Waals surface area (Å²) in [6.45, 7) is 1.43. The molecule has 0 aliphatic rings. The van der Waals surface area contributed by atoms with Crippen molar-refractivity contribution in [3.63, 3.8) is 0 Å². The summed E-state index contributed by atoms with van der Waals surface area (Å²) < 4.78 is 18.1. The van der Waals surface area contributed by atoms with Crippen molar-refractivity contribution in [2.75, 3.05) is 18.1 Å². The number of carboxylic acids is 1. The van der Waals surface area contributed by atoms with E-state index < -0.39 is 28.7 Å². The molecular formula is C13H16BrNO5S. The van der Waals surface area contributed by atoms with Gasteiger partial charge in [-0.1, -0.05) is 15.9 Å². The molecule has 0 aliphatic carbocycles. The Bertz CT molecular complexity index is 520. The first-order chi connectivity index (χ1) is 9.88. The molecule has 0 aliphatic heterocycles. The topological polar surface area (TPSA) is 92.7 Å². The van der Waals surface area contributed by atoms with Crippen molar-refractivity contribution in [2.45, 2.75) is 13.0 Å². The molecule has 0 aromatic heterocycles. The van der Waals surface area contributed by atoms with Gasteiger partial charge in [-0.2, -0.15) is 0 Å². The van der Waals surface area contributed by atoms with Gasteiger partial charge in [-0.15, -0.1) is 0 Å². The third-order valence-corrected chi connectivity index (χ3v) is 4.28. The van der Waals surface area contributed by atoms with Crippen molar-refractivity contribution in [1.82, 2.24) is 5.32 Å². The van der Waals surface area contributed by atoms with Crippen LogP contribution in [-0.4, -0.2) is 45.3 Å². The second kappa shape index (κ2) is 8.78. The Hall–Kier alpha value is -1.41.